The fourth-order valence-corrected chi connectivity index (χ4v) is 3.33. The topological polar surface area (TPSA) is 85.1 Å². The van der Waals surface area contributed by atoms with Crippen LogP contribution in [0.3, 0.4) is 0 Å². The number of rotatable bonds is 3. The van der Waals surface area contributed by atoms with Gasteiger partial charge in [-0.25, -0.2) is 13.4 Å². The molecule has 2 aromatic rings. The molecule has 0 aliphatic rings. The quantitative estimate of drug-likeness (QED) is 0.659. The molecule has 0 aliphatic carbocycles. The van der Waals surface area contributed by atoms with Crippen LogP contribution in [0.25, 0.3) is 0 Å². The molecule has 0 saturated heterocycles. The number of sulfonamides is 1. The number of nitrogen functional groups attached to an aromatic ring is 1. The third-order valence-electron chi connectivity index (χ3n) is 2.96. The number of aryl methyl sites for hydroxylation is 1. The van der Waals surface area contributed by atoms with Gasteiger partial charge in [-0.3, -0.25) is 4.72 Å². The number of nitrogens with two attached hydrogens (primary N) is 1. The molecule has 8 heteroatoms. The Morgan fingerprint density at radius 1 is 1.19 bits per heavy atom. The Bertz CT molecular complexity index is 784. The highest BCUT2D eigenvalue weighted by molar-refractivity contribution is 7.92. The Balaban J connectivity index is 2.43. The molecule has 0 atom stereocenters. The molecule has 0 aliphatic heterocycles. The zero-order chi connectivity index (χ0) is 15.8. The van der Waals surface area contributed by atoms with Crippen molar-refractivity contribution < 1.29 is 8.42 Å². The summed E-state index contributed by atoms with van der Waals surface area (Å²) < 4.78 is 27.2. The number of benzene rings is 1. The highest BCUT2D eigenvalue weighted by Gasteiger charge is 2.18. The largest absolute Gasteiger partial charge is 0.398 e. The second-order valence-corrected chi connectivity index (χ2v) is 6.97. The lowest BCUT2D eigenvalue weighted by Gasteiger charge is -2.12. The molecule has 21 heavy (non-hydrogen) atoms. The van der Waals surface area contributed by atoms with Crippen LogP contribution < -0.4 is 10.5 Å². The average molecular weight is 346 g/mol. The molecule has 0 unspecified atom stereocenters. The number of hydrogen-bond donors (Lipinski definition) is 2. The third kappa shape index (κ3) is 3.40. The van der Waals surface area contributed by atoms with E-state index < -0.39 is 10.0 Å². The second-order valence-electron chi connectivity index (χ2n) is 4.49. The minimum absolute atomic E-state index is 0.00931. The molecule has 0 spiro atoms. The zero-order valence-electron chi connectivity index (χ0n) is 11.3. The van der Waals surface area contributed by atoms with Gasteiger partial charge in [-0.15, -0.1) is 0 Å². The summed E-state index contributed by atoms with van der Waals surface area (Å²) in [6.45, 7) is 3.37. The SMILES string of the molecule is Cc1nc(Cl)ccc1NS(=O)(=O)c1cc(N)c(C)c(Cl)c1. The van der Waals surface area contributed by atoms with Gasteiger partial charge in [-0.1, -0.05) is 23.2 Å². The highest BCUT2D eigenvalue weighted by atomic mass is 35.5. The van der Waals surface area contributed by atoms with Gasteiger partial charge < -0.3 is 5.73 Å². The van der Waals surface area contributed by atoms with Gasteiger partial charge in [0.05, 0.1) is 16.3 Å². The van der Waals surface area contributed by atoms with Crippen LogP contribution in [0.15, 0.2) is 29.2 Å². The lowest BCUT2D eigenvalue weighted by atomic mass is 10.2. The van der Waals surface area contributed by atoms with Crippen LogP contribution in [0, 0.1) is 13.8 Å². The van der Waals surface area contributed by atoms with Crippen LogP contribution in [0.5, 0.6) is 0 Å². The molecule has 0 radical (unpaired) electrons. The normalized spacial score (nSPS) is 11.4. The number of nitrogens with one attached hydrogen (secondary N) is 1. The van der Waals surface area contributed by atoms with Crippen LogP contribution in [-0.2, 0) is 10.0 Å². The van der Waals surface area contributed by atoms with Gasteiger partial charge in [0.1, 0.15) is 5.15 Å². The van der Waals surface area contributed by atoms with Crippen LogP contribution in [0.4, 0.5) is 11.4 Å². The fourth-order valence-electron chi connectivity index (χ4n) is 1.67. The number of nitrogens with zero attached hydrogens (tertiary/aromatic N) is 1. The molecular formula is C13H13Cl2N3O2S. The molecule has 5 nitrogen and oxygen atoms in total. The molecule has 0 bridgehead atoms. The van der Waals surface area contributed by atoms with Gasteiger partial charge in [0.15, 0.2) is 0 Å². The maximum Gasteiger partial charge on any atom is 0.262 e. The molecule has 3 N–H and O–H groups in total. The van der Waals surface area contributed by atoms with E-state index in [0.717, 1.165) is 0 Å². The van der Waals surface area contributed by atoms with Crippen LogP contribution in [0.1, 0.15) is 11.3 Å². The summed E-state index contributed by atoms with van der Waals surface area (Å²) >= 11 is 11.7. The Labute approximate surface area is 133 Å². The predicted octanol–water partition coefficient (Wildman–Crippen LogP) is 3.39. The van der Waals surface area contributed by atoms with Crippen LogP contribution in [0.2, 0.25) is 10.2 Å². The molecule has 2 rings (SSSR count). The van der Waals surface area contributed by atoms with Crippen LogP contribution in [-0.4, -0.2) is 13.4 Å². The van der Waals surface area contributed by atoms with E-state index >= 15 is 0 Å². The molecule has 0 fully saturated rings. The van der Waals surface area contributed by atoms with Crippen molar-refractivity contribution in [3.05, 3.63) is 45.7 Å². The van der Waals surface area contributed by atoms with E-state index in [1.54, 1.807) is 19.9 Å². The minimum Gasteiger partial charge on any atom is -0.398 e. The van der Waals surface area contributed by atoms with Crippen molar-refractivity contribution >= 4 is 44.6 Å². The maximum atomic E-state index is 12.4. The van der Waals surface area contributed by atoms with Gasteiger partial charge in [0, 0.05) is 10.7 Å². The number of halogens is 2. The van der Waals surface area contributed by atoms with Crippen molar-refractivity contribution in [2.45, 2.75) is 18.7 Å². The van der Waals surface area contributed by atoms with E-state index in [4.69, 9.17) is 28.9 Å². The first-order valence-electron chi connectivity index (χ1n) is 5.92. The third-order valence-corrected chi connectivity index (χ3v) is 4.91. The Hall–Kier alpha value is -1.50. The number of anilines is 2. The Morgan fingerprint density at radius 3 is 2.43 bits per heavy atom. The number of hydrogen-bond acceptors (Lipinski definition) is 4. The molecule has 1 aromatic carbocycles. The van der Waals surface area contributed by atoms with E-state index in [0.29, 0.717) is 27.7 Å². The predicted molar refractivity (Wildman–Crippen MR) is 85.4 cm³/mol. The summed E-state index contributed by atoms with van der Waals surface area (Å²) in [5.74, 6) is 0. The molecule has 0 amide bonds. The highest BCUT2D eigenvalue weighted by Crippen LogP contribution is 2.27. The lowest BCUT2D eigenvalue weighted by molar-refractivity contribution is 0.601. The lowest BCUT2D eigenvalue weighted by Crippen LogP contribution is -2.14. The van der Waals surface area contributed by atoms with E-state index in [1.807, 2.05) is 0 Å². The summed E-state index contributed by atoms with van der Waals surface area (Å²) in [7, 11) is -3.81. The second kappa shape index (κ2) is 5.71. The first-order chi connectivity index (χ1) is 9.70. The van der Waals surface area contributed by atoms with Gasteiger partial charge in [0.2, 0.25) is 0 Å². The standard InChI is InChI=1S/C13H13Cl2N3O2S/c1-7-10(14)5-9(6-11(7)16)21(19,20)18-12-3-4-13(15)17-8(12)2/h3-6,18H,16H2,1-2H3. The van der Waals surface area contributed by atoms with E-state index in [2.05, 4.69) is 9.71 Å². The average Bonchev–Trinajstić information content (AvgIpc) is 2.38. The van der Waals surface area contributed by atoms with Crippen molar-refractivity contribution in [3.63, 3.8) is 0 Å². The maximum absolute atomic E-state index is 12.4. The van der Waals surface area contributed by atoms with Crippen molar-refractivity contribution in [1.29, 1.82) is 0 Å². The van der Waals surface area contributed by atoms with Crippen molar-refractivity contribution in [2.24, 2.45) is 0 Å². The summed E-state index contributed by atoms with van der Waals surface area (Å²) in [5.41, 5.74) is 7.52. The Kier molecular flexibility index (Phi) is 4.32. The number of aromatic nitrogens is 1. The molecule has 112 valence electrons. The smallest absolute Gasteiger partial charge is 0.262 e. The molecular weight excluding hydrogens is 333 g/mol. The molecule has 0 saturated carbocycles. The van der Waals surface area contributed by atoms with Crippen molar-refractivity contribution in [1.82, 2.24) is 4.98 Å². The number of pyridine rings is 1. The van der Waals surface area contributed by atoms with E-state index in [9.17, 15) is 8.42 Å². The van der Waals surface area contributed by atoms with Crippen molar-refractivity contribution in [3.8, 4) is 0 Å². The summed E-state index contributed by atoms with van der Waals surface area (Å²) in [6.07, 6.45) is 0. The van der Waals surface area contributed by atoms with Gasteiger partial charge in [-0.2, -0.15) is 0 Å². The first-order valence-corrected chi connectivity index (χ1v) is 8.16. The molecule has 1 heterocycles. The van der Waals surface area contributed by atoms with Gasteiger partial charge in [-0.05, 0) is 43.7 Å². The summed E-state index contributed by atoms with van der Waals surface area (Å²) in [4.78, 5) is 3.98. The van der Waals surface area contributed by atoms with Gasteiger partial charge >= 0.3 is 0 Å². The first kappa shape index (κ1) is 15.9. The van der Waals surface area contributed by atoms with Crippen molar-refractivity contribution in [2.75, 3.05) is 10.5 Å². The van der Waals surface area contributed by atoms with E-state index in [-0.39, 0.29) is 10.0 Å². The summed E-state index contributed by atoms with van der Waals surface area (Å²) in [6, 6.07) is 5.76. The van der Waals surface area contributed by atoms with Crippen LogP contribution >= 0.6 is 23.2 Å². The minimum atomic E-state index is -3.81. The Morgan fingerprint density at radius 2 is 1.86 bits per heavy atom. The van der Waals surface area contributed by atoms with E-state index in [1.165, 1.54) is 18.2 Å². The summed E-state index contributed by atoms with van der Waals surface area (Å²) in [5, 5.41) is 0.583. The zero-order valence-corrected chi connectivity index (χ0v) is 13.6. The monoisotopic (exact) mass is 345 g/mol. The fraction of sp³-hybridized carbons (Fsp3) is 0.154. The molecule has 1 aromatic heterocycles. The van der Waals surface area contributed by atoms with Gasteiger partial charge in [0.25, 0.3) is 10.0 Å².